The summed E-state index contributed by atoms with van der Waals surface area (Å²) in [5.74, 6) is -7.26. The van der Waals surface area contributed by atoms with Crippen LogP contribution in [-0.2, 0) is 65.4 Å². The smallest absolute Gasteiger partial charge is 0.407 e. The summed E-state index contributed by atoms with van der Waals surface area (Å²) >= 11 is 0. The zero-order valence-electron chi connectivity index (χ0n) is 62.1. The lowest BCUT2D eigenvalue weighted by molar-refractivity contribution is 0.0518. The predicted molar refractivity (Wildman–Crippen MR) is 404 cm³/mol. The first-order valence-electron chi connectivity index (χ1n) is 35.2. The van der Waals surface area contributed by atoms with Gasteiger partial charge in [-0.15, -0.1) is 5.53 Å². The molecule has 0 saturated carbocycles. The van der Waals surface area contributed by atoms with E-state index in [4.69, 9.17) is 53.1 Å². The fourth-order valence-electron chi connectivity index (χ4n) is 9.67. The van der Waals surface area contributed by atoms with E-state index in [0.717, 1.165) is 5.70 Å². The number of rotatable bonds is 60. The molecule has 0 radical (unpaired) electrons. The number of nitrogens with two attached hydrogens (primary N) is 1. The maximum absolute atomic E-state index is 13.6. The number of hydrogen-bond acceptors (Lipinski definition) is 32. The van der Waals surface area contributed by atoms with E-state index in [2.05, 4.69) is 32.2 Å². The molecule has 0 spiro atoms. The Morgan fingerprint density at radius 2 is 0.839 bits per heavy atom. The van der Waals surface area contributed by atoms with Crippen LogP contribution in [0.15, 0.2) is 60.2 Å². The second-order valence-corrected chi connectivity index (χ2v) is 35.3. The number of amides is 2. The zero-order valence-corrected chi connectivity index (χ0v) is 67.0. The first kappa shape index (κ1) is 96.2. The van der Waals surface area contributed by atoms with Crippen molar-refractivity contribution in [2.75, 3.05) is 133 Å². The molecule has 0 atom stereocenters. The zero-order chi connectivity index (χ0) is 83.2. The third kappa shape index (κ3) is 43.7. The van der Waals surface area contributed by atoms with Crippen molar-refractivity contribution in [3.63, 3.8) is 0 Å². The predicted octanol–water partition coefficient (Wildman–Crippen LogP) is 3.57. The fraction of sp³-hybridized carbons (Fsp3) is 0.600. The highest BCUT2D eigenvalue weighted by Crippen LogP contribution is 2.42. The maximum atomic E-state index is 13.6. The Balaban J connectivity index is 1.32. The Morgan fingerprint density at radius 3 is 1.25 bits per heavy atom. The SMILES string of the molecule is CC(C)(C)OC(=O)NCCOc1c(OCCCCC2=CN(CCCNCC(=O)c3cc(OCCCS(=O)(=O)O)c(OCCCS(=O)(=O)O)c(OCCCS(=O)(=O)O)c3)NN2)cc(C(=O)O)cc1OCCCC/C(N)=C/NCCCNC(=O)c1cc(OCCCS(=O)(=O)O)c(OCCCS(=O)(=O)O)c(OCCCS(=O)(=O)O)c1. The highest BCUT2D eigenvalue weighted by atomic mass is 32.2. The summed E-state index contributed by atoms with van der Waals surface area (Å²) in [7, 11) is -26.2. The van der Waals surface area contributed by atoms with Crippen LogP contribution in [0.2, 0.25) is 0 Å². The molecule has 636 valence electrons. The number of benzene rings is 3. The molecule has 2 amide bonds. The monoisotopic (exact) mass is 1710 g/mol. The average molecular weight is 1720 g/mol. The Labute approximate surface area is 651 Å². The van der Waals surface area contributed by atoms with E-state index in [0.29, 0.717) is 76.7 Å². The number of Topliss-reactive ketones (excluding diaryl/α,β-unsaturated/α-hetero) is 1. The van der Waals surface area contributed by atoms with Gasteiger partial charge in [0, 0.05) is 54.6 Å². The van der Waals surface area contributed by atoms with Gasteiger partial charge in [-0.1, -0.05) is 0 Å². The van der Waals surface area contributed by atoms with Crippen molar-refractivity contribution in [2.24, 2.45) is 5.73 Å². The third-order valence-corrected chi connectivity index (χ3v) is 19.5. The maximum Gasteiger partial charge on any atom is 0.407 e. The van der Waals surface area contributed by atoms with Gasteiger partial charge in [0.2, 0.25) is 17.2 Å². The highest BCUT2D eigenvalue weighted by molar-refractivity contribution is 7.87. The number of ether oxygens (including phenoxy) is 10. The molecule has 0 fully saturated rings. The molecule has 1 aliphatic rings. The molecule has 0 aliphatic carbocycles. The van der Waals surface area contributed by atoms with Crippen molar-refractivity contribution in [1.82, 2.24) is 37.2 Å². The quantitative estimate of drug-likeness (QED) is 0.0218. The van der Waals surface area contributed by atoms with Gasteiger partial charge in [-0.3, -0.25) is 41.9 Å². The molecule has 112 heavy (non-hydrogen) atoms. The number of ketones is 1. The van der Waals surface area contributed by atoms with Crippen molar-refractivity contribution in [3.8, 4) is 51.7 Å². The molecule has 0 aromatic heterocycles. The summed E-state index contributed by atoms with van der Waals surface area (Å²) in [6, 6.07) is 7.61. The second kappa shape index (κ2) is 47.5. The molecule has 0 bridgehead atoms. The normalized spacial score (nSPS) is 13.0. The Hall–Kier alpha value is -8.20. The number of nitrogens with one attached hydrogen (secondary N) is 6. The van der Waals surface area contributed by atoms with Crippen LogP contribution in [0.1, 0.15) is 142 Å². The van der Waals surface area contributed by atoms with E-state index in [1.807, 2.05) is 6.20 Å². The van der Waals surface area contributed by atoms with Gasteiger partial charge in [-0.2, -0.15) is 50.5 Å². The number of carboxylic acids is 1. The van der Waals surface area contributed by atoms with Crippen LogP contribution in [0.4, 0.5) is 4.79 Å². The van der Waals surface area contributed by atoms with Crippen molar-refractivity contribution in [1.29, 1.82) is 0 Å². The number of carboxylic acid groups (broad SMARTS) is 1. The molecule has 15 N–H and O–H groups in total. The van der Waals surface area contributed by atoms with E-state index in [9.17, 15) is 102 Å². The molecule has 1 aliphatic heterocycles. The van der Waals surface area contributed by atoms with Crippen molar-refractivity contribution in [3.05, 3.63) is 76.9 Å². The fourth-order valence-corrected chi connectivity index (χ4v) is 12.6. The van der Waals surface area contributed by atoms with Gasteiger partial charge >= 0.3 is 12.1 Å². The molecule has 47 heteroatoms. The lowest BCUT2D eigenvalue weighted by Crippen LogP contribution is -2.38. The third-order valence-electron chi connectivity index (χ3n) is 14.7. The number of nitrogens with zero attached hydrogens (tertiary/aromatic N) is 1. The lowest BCUT2D eigenvalue weighted by Gasteiger charge is -2.20. The summed E-state index contributed by atoms with van der Waals surface area (Å²) in [6.07, 6.45) is 5.37. The number of hydrazine groups is 2. The Morgan fingerprint density at radius 1 is 0.455 bits per heavy atom. The molecule has 1 heterocycles. The summed E-state index contributed by atoms with van der Waals surface area (Å²) in [4.78, 5) is 51.9. The number of carbonyl (C=O) groups excluding carboxylic acids is 3. The molecule has 0 saturated heterocycles. The van der Waals surface area contributed by atoms with E-state index >= 15 is 0 Å². The van der Waals surface area contributed by atoms with Crippen molar-refractivity contribution < 1.29 is 149 Å². The van der Waals surface area contributed by atoms with E-state index in [1.54, 1.807) is 32.0 Å². The van der Waals surface area contributed by atoms with Crippen LogP contribution in [0.25, 0.3) is 0 Å². The van der Waals surface area contributed by atoms with Crippen LogP contribution in [0.5, 0.6) is 51.7 Å². The van der Waals surface area contributed by atoms with Crippen LogP contribution in [0, 0.1) is 0 Å². The number of carbonyl (C=O) groups is 4. The van der Waals surface area contributed by atoms with Gasteiger partial charge in [0.1, 0.15) is 12.2 Å². The Kier molecular flexibility index (Phi) is 40.8. The summed E-state index contributed by atoms with van der Waals surface area (Å²) in [5.41, 5.74) is 12.8. The molecule has 3 aromatic rings. The lowest BCUT2D eigenvalue weighted by atomic mass is 10.1. The van der Waals surface area contributed by atoms with E-state index in [1.165, 1.54) is 36.4 Å². The summed E-state index contributed by atoms with van der Waals surface area (Å²) in [6.45, 7) is 4.28. The number of hydrogen-bond donors (Lipinski definition) is 14. The van der Waals surface area contributed by atoms with Crippen molar-refractivity contribution in [2.45, 2.75) is 116 Å². The van der Waals surface area contributed by atoms with E-state index in [-0.39, 0.29) is 186 Å². The molecule has 0 unspecified atom stereocenters. The number of aromatic carboxylic acids is 1. The first-order chi connectivity index (χ1) is 52.4. The topological polar surface area (TPSA) is 608 Å². The van der Waals surface area contributed by atoms with Gasteiger partial charge in [0.15, 0.2) is 40.3 Å². The molecule has 4 rings (SSSR count). The average Bonchev–Trinajstić information content (AvgIpc) is 0.915. The molecular weight excluding hydrogens is 1610 g/mol. The summed E-state index contributed by atoms with van der Waals surface area (Å²) < 4.78 is 249. The first-order valence-corrected chi connectivity index (χ1v) is 44.9. The van der Waals surface area contributed by atoms with E-state index < -0.39 is 125 Å². The van der Waals surface area contributed by atoms with Gasteiger partial charge < -0.3 is 84.9 Å². The van der Waals surface area contributed by atoms with Gasteiger partial charge in [-0.25, -0.2) is 9.59 Å². The standard InChI is InChI=1S/C65H102N8O33S6/c1-65(2,3)106-64(78)70-21-31-105-61-57(97-23-6-4-16-50(66)44-67-18-8-20-69-62(75)48-40-55(101-27-12-34-109(85,86)87)60(104-30-15-37-112(94,95)96)56(41-48)102-28-13-35-110(88,89)90)42-49(63(76)77)43-58(61)98-24-7-5-17-51-46-73(72-71-51)22-9-19-68-45-52(74)47-38-53(99-25-10-32-107(79,80)81)59(103-29-14-36-111(91,92)93)54(39-47)100-26-11-33-108(82,83)84/h38-44,46,67-68,71-72H,4-37,45,66H2,1-3H3,(H,69,75)(H,70,78)(H,76,77)(H,79,80,81)(H,82,83,84)(H,85,86,87)(H,88,89,90)(H,91,92,93)(H,94,95,96)/b50-44-. The van der Waals surface area contributed by atoms with Crippen LogP contribution < -0.4 is 80.6 Å². The minimum absolute atomic E-state index is 0.0146. The van der Waals surface area contributed by atoms with Gasteiger partial charge in [0.25, 0.3) is 66.6 Å². The second-order valence-electron chi connectivity index (χ2n) is 25.8. The van der Waals surface area contributed by atoms with Crippen LogP contribution in [-0.4, -0.2) is 251 Å². The molecule has 3 aromatic carbocycles. The highest BCUT2D eigenvalue weighted by Gasteiger charge is 2.25. The van der Waals surface area contributed by atoms with Crippen LogP contribution in [0.3, 0.4) is 0 Å². The Bertz CT molecular complexity index is 4210. The number of alkyl carbamates (subject to hydrolysis) is 1. The van der Waals surface area contributed by atoms with Crippen molar-refractivity contribution >= 4 is 84.5 Å². The number of unbranched alkanes of at least 4 members (excludes halogenated alkanes) is 2. The summed E-state index contributed by atoms with van der Waals surface area (Å²) in [5, 5.41) is 23.4. The molecule has 41 nitrogen and oxygen atoms in total. The van der Waals surface area contributed by atoms with Gasteiger partial charge in [-0.05, 0) is 154 Å². The minimum atomic E-state index is -4.38. The molecular formula is C65H102N8O33S6. The minimum Gasteiger partial charge on any atom is -0.490 e. The largest absolute Gasteiger partial charge is 0.490 e. The van der Waals surface area contributed by atoms with Gasteiger partial charge in [0.05, 0.1) is 106 Å². The van der Waals surface area contributed by atoms with Crippen LogP contribution >= 0.6 is 0 Å². The number of allylic oxidation sites excluding steroid dienone is 2.